The molecule has 1 fully saturated rings. The Bertz CT molecular complexity index is 690. The number of hydrogen-bond acceptors (Lipinski definition) is 3. The maximum absolute atomic E-state index is 13.8. The summed E-state index contributed by atoms with van der Waals surface area (Å²) >= 11 is 6.07. The van der Waals surface area contributed by atoms with Gasteiger partial charge in [-0.2, -0.15) is 0 Å². The van der Waals surface area contributed by atoms with Gasteiger partial charge in [0.25, 0.3) is 5.91 Å². The molecule has 0 bridgehead atoms. The summed E-state index contributed by atoms with van der Waals surface area (Å²) in [4.78, 5) is 23.2. The highest BCUT2D eigenvalue weighted by Crippen LogP contribution is 2.21. The Labute approximate surface area is 139 Å². The van der Waals surface area contributed by atoms with Crippen LogP contribution in [-0.4, -0.2) is 51.9 Å². The summed E-state index contributed by atoms with van der Waals surface area (Å²) < 4.78 is 13.8. The van der Waals surface area contributed by atoms with E-state index in [1.165, 1.54) is 6.07 Å². The van der Waals surface area contributed by atoms with E-state index >= 15 is 0 Å². The second-order valence-electron chi connectivity index (χ2n) is 5.65. The van der Waals surface area contributed by atoms with Gasteiger partial charge >= 0.3 is 0 Å². The van der Waals surface area contributed by atoms with E-state index in [4.69, 9.17) is 11.6 Å². The van der Waals surface area contributed by atoms with Crippen LogP contribution in [0.15, 0.2) is 24.4 Å². The molecule has 1 aromatic heterocycles. The Balaban J connectivity index is 1.59. The van der Waals surface area contributed by atoms with Crippen molar-refractivity contribution < 1.29 is 9.18 Å². The minimum atomic E-state index is -0.288. The molecule has 1 amide bonds. The molecule has 7 heteroatoms. The number of H-pyrrole nitrogens is 1. The van der Waals surface area contributed by atoms with Crippen molar-refractivity contribution >= 4 is 17.5 Å². The third-order valence-corrected chi connectivity index (χ3v) is 4.39. The fourth-order valence-corrected chi connectivity index (χ4v) is 2.94. The molecule has 0 unspecified atom stereocenters. The predicted octanol–water partition coefficient (Wildman–Crippen LogP) is 2.47. The Hall–Kier alpha value is -1.92. The lowest BCUT2D eigenvalue weighted by Gasteiger charge is -2.34. The van der Waals surface area contributed by atoms with Crippen molar-refractivity contribution in [1.29, 1.82) is 0 Å². The largest absolute Gasteiger partial charge is 0.338 e. The number of halogens is 2. The Kier molecular flexibility index (Phi) is 4.63. The third-order valence-electron chi connectivity index (χ3n) is 4.04. The van der Waals surface area contributed by atoms with Gasteiger partial charge in [0.2, 0.25) is 0 Å². The lowest BCUT2D eigenvalue weighted by molar-refractivity contribution is 0.0621. The molecule has 0 spiro atoms. The fourth-order valence-electron chi connectivity index (χ4n) is 2.72. The third kappa shape index (κ3) is 3.54. The molecule has 122 valence electrons. The molecule has 1 aliphatic rings. The van der Waals surface area contributed by atoms with Crippen LogP contribution in [0.4, 0.5) is 4.39 Å². The zero-order valence-corrected chi connectivity index (χ0v) is 13.6. The zero-order chi connectivity index (χ0) is 16.4. The van der Waals surface area contributed by atoms with Crippen molar-refractivity contribution in [3.05, 3.63) is 52.3 Å². The topological polar surface area (TPSA) is 52.2 Å². The molecule has 2 aromatic rings. The van der Waals surface area contributed by atoms with E-state index in [-0.39, 0.29) is 11.7 Å². The summed E-state index contributed by atoms with van der Waals surface area (Å²) in [6.07, 6.45) is 1.56. The van der Waals surface area contributed by atoms with Gasteiger partial charge in [0, 0.05) is 43.3 Å². The van der Waals surface area contributed by atoms with Crippen LogP contribution in [0, 0.1) is 12.7 Å². The summed E-state index contributed by atoms with van der Waals surface area (Å²) in [5, 5.41) is 0.441. The van der Waals surface area contributed by atoms with Gasteiger partial charge < -0.3 is 9.88 Å². The van der Waals surface area contributed by atoms with Crippen molar-refractivity contribution in [3.8, 4) is 0 Å². The number of nitrogens with one attached hydrogen (secondary N) is 1. The number of amides is 1. The Morgan fingerprint density at radius 3 is 2.70 bits per heavy atom. The van der Waals surface area contributed by atoms with Crippen molar-refractivity contribution in [2.24, 2.45) is 0 Å². The summed E-state index contributed by atoms with van der Waals surface area (Å²) in [6.45, 7) is 4.84. The average Bonchev–Trinajstić information content (AvgIpc) is 2.97. The van der Waals surface area contributed by atoms with Crippen LogP contribution in [0.1, 0.15) is 21.9 Å². The predicted molar refractivity (Wildman–Crippen MR) is 85.9 cm³/mol. The zero-order valence-electron chi connectivity index (χ0n) is 12.9. The normalized spacial score (nSPS) is 15.9. The monoisotopic (exact) mass is 336 g/mol. The van der Waals surface area contributed by atoms with Crippen LogP contribution in [0.2, 0.25) is 5.02 Å². The van der Waals surface area contributed by atoms with Crippen LogP contribution in [-0.2, 0) is 6.54 Å². The van der Waals surface area contributed by atoms with Gasteiger partial charge in [-0.25, -0.2) is 9.37 Å². The molecular formula is C16H18ClFN4O. The quantitative estimate of drug-likeness (QED) is 0.936. The fraction of sp³-hybridized carbons (Fsp3) is 0.375. The standard InChI is InChI=1S/C16H18ClFN4O/c1-11-19-9-15(20-11)16(23)22-7-5-21(6-8-22)10-12-13(17)3-2-4-14(12)18/h2-4,9H,5-8,10H2,1H3,(H,19,20). The first-order valence-corrected chi connectivity index (χ1v) is 7.88. The number of imidazole rings is 1. The van der Waals surface area contributed by atoms with Crippen LogP contribution >= 0.6 is 11.6 Å². The first kappa shape index (κ1) is 16.0. The maximum atomic E-state index is 13.8. The van der Waals surface area contributed by atoms with Crippen molar-refractivity contribution in [2.75, 3.05) is 26.2 Å². The summed E-state index contributed by atoms with van der Waals surface area (Å²) in [6, 6.07) is 4.71. The first-order valence-electron chi connectivity index (χ1n) is 7.50. The van der Waals surface area contributed by atoms with Crippen molar-refractivity contribution in [3.63, 3.8) is 0 Å². The molecule has 5 nitrogen and oxygen atoms in total. The lowest BCUT2D eigenvalue weighted by atomic mass is 10.1. The van der Waals surface area contributed by atoms with Gasteiger partial charge in [-0.15, -0.1) is 0 Å². The van der Waals surface area contributed by atoms with E-state index in [0.717, 1.165) is 5.82 Å². The highest BCUT2D eigenvalue weighted by molar-refractivity contribution is 6.31. The molecular weight excluding hydrogens is 319 g/mol. The number of carbonyl (C=O) groups excluding carboxylic acids is 1. The number of piperazine rings is 1. The smallest absolute Gasteiger partial charge is 0.272 e. The molecule has 2 heterocycles. The highest BCUT2D eigenvalue weighted by atomic mass is 35.5. The molecule has 1 aliphatic heterocycles. The maximum Gasteiger partial charge on any atom is 0.272 e. The number of carbonyl (C=O) groups is 1. The van der Waals surface area contributed by atoms with Crippen LogP contribution in [0.25, 0.3) is 0 Å². The van der Waals surface area contributed by atoms with E-state index in [1.54, 1.807) is 23.2 Å². The van der Waals surface area contributed by atoms with Crippen LogP contribution in [0.5, 0.6) is 0 Å². The van der Waals surface area contributed by atoms with Gasteiger partial charge in [0.05, 0.1) is 6.20 Å². The second-order valence-corrected chi connectivity index (χ2v) is 6.06. The minimum Gasteiger partial charge on any atom is -0.338 e. The van der Waals surface area contributed by atoms with E-state index in [9.17, 15) is 9.18 Å². The highest BCUT2D eigenvalue weighted by Gasteiger charge is 2.24. The minimum absolute atomic E-state index is 0.0471. The number of rotatable bonds is 3. The van der Waals surface area contributed by atoms with Gasteiger partial charge in [-0.05, 0) is 19.1 Å². The van der Waals surface area contributed by atoms with E-state index < -0.39 is 0 Å². The molecule has 1 saturated heterocycles. The number of aromatic amines is 1. The van der Waals surface area contributed by atoms with Crippen LogP contribution < -0.4 is 0 Å². The number of hydrogen-bond donors (Lipinski definition) is 1. The summed E-state index contributed by atoms with van der Waals surface area (Å²) in [5.74, 6) is 0.388. The van der Waals surface area contributed by atoms with Crippen LogP contribution in [0.3, 0.4) is 0 Å². The number of benzene rings is 1. The van der Waals surface area contributed by atoms with Gasteiger partial charge in [0.1, 0.15) is 17.3 Å². The molecule has 1 N–H and O–H groups in total. The Morgan fingerprint density at radius 1 is 1.35 bits per heavy atom. The average molecular weight is 337 g/mol. The van der Waals surface area contributed by atoms with Crippen molar-refractivity contribution in [1.82, 2.24) is 19.8 Å². The second kappa shape index (κ2) is 6.68. The molecule has 0 saturated carbocycles. The summed E-state index contributed by atoms with van der Waals surface area (Å²) in [5.41, 5.74) is 1.02. The van der Waals surface area contributed by atoms with E-state index in [1.807, 2.05) is 6.92 Å². The lowest BCUT2D eigenvalue weighted by Crippen LogP contribution is -2.48. The van der Waals surface area contributed by atoms with Gasteiger partial charge in [0.15, 0.2) is 0 Å². The molecule has 1 aromatic carbocycles. The van der Waals surface area contributed by atoms with Gasteiger partial charge in [-0.1, -0.05) is 17.7 Å². The van der Waals surface area contributed by atoms with Crippen molar-refractivity contribution in [2.45, 2.75) is 13.5 Å². The molecule has 0 radical (unpaired) electrons. The van der Waals surface area contributed by atoms with E-state index in [0.29, 0.717) is 49.0 Å². The SMILES string of the molecule is Cc1ncc(C(=O)N2CCN(Cc3c(F)cccc3Cl)CC2)[nH]1. The molecule has 3 rings (SSSR count). The number of aromatic nitrogens is 2. The first-order chi connectivity index (χ1) is 11.0. The molecule has 0 aliphatic carbocycles. The molecule has 0 atom stereocenters. The number of aryl methyl sites for hydroxylation is 1. The van der Waals surface area contributed by atoms with Gasteiger partial charge in [-0.3, -0.25) is 9.69 Å². The number of nitrogens with zero attached hydrogens (tertiary/aromatic N) is 3. The summed E-state index contributed by atoms with van der Waals surface area (Å²) in [7, 11) is 0. The van der Waals surface area contributed by atoms with E-state index in [2.05, 4.69) is 14.9 Å². The molecule has 23 heavy (non-hydrogen) atoms. The Morgan fingerprint density at radius 2 is 2.09 bits per heavy atom.